The van der Waals surface area contributed by atoms with E-state index in [0.29, 0.717) is 12.5 Å². The van der Waals surface area contributed by atoms with Gasteiger partial charge in [0.1, 0.15) is 11.7 Å². The zero-order valence-corrected chi connectivity index (χ0v) is 18.1. The highest BCUT2D eigenvalue weighted by Crippen LogP contribution is 2.46. The van der Waals surface area contributed by atoms with Gasteiger partial charge in [-0.15, -0.1) is 0 Å². The highest BCUT2D eigenvalue weighted by molar-refractivity contribution is 5.99. The number of fused-ring (bicyclic) bond motifs is 1. The lowest BCUT2D eigenvalue weighted by atomic mass is 9.79. The van der Waals surface area contributed by atoms with E-state index in [0.717, 1.165) is 62.7 Å². The third-order valence-corrected chi connectivity index (χ3v) is 7.32. The number of anilines is 1. The summed E-state index contributed by atoms with van der Waals surface area (Å²) in [7, 11) is 0. The van der Waals surface area contributed by atoms with Crippen LogP contribution in [0.5, 0.6) is 0 Å². The Labute approximate surface area is 178 Å². The quantitative estimate of drug-likeness (QED) is 0.670. The number of nitrogens with two attached hydrogens (primary N) is 1. The van der Waals surface area contributed by atoms with Crippen molar-refractivity contribution in [3.8, 4) is 0 Å². The summed E-state index contributed by atoms with van der Waals surface area (Å²) < 4.78 is 13.9. The molecule has 0 aromatic heterocycles. The molecule has 3 N–H and O–H groups in total. The molecule has 0 bridgehead atoms. The smallest absolute Gasteiger partial charge is 0.232 e. The predicted molar refractivity (Wildman–Crippen MR) is 116 cm³/mol. The van der Waals surface area contributed by atoms with Crippen molar-refractivity contribution in [3.05, 3.63) is 29.6 Å². The number of carbonyl (C=O) groups excluding carboxylic acids is 2. The second kappa shape index (κ2) is 8.20. The van der Waals surface area contributed by atoms with E-state index in [2.05, 4.69) is 24.1 Å². The minimum Gasteiger partial charge on any atom is -0.369 e. The topological polar surface area (TPSA) is 75.4 Å². The zero-order valence-electron chi connectivity index (χ0n) is 18.1. The van der Waals surface area contributed by atoms with Crippen molar-refractivity contribution in [1.82, 2.24) is 5.32 Å². The van der Waals surface area contributed by atoms with Gasteiger partial charge in [-0.3, -0.25) is 9.59 Å². The van der Waals surface area contributed by atoms with Crippen molar-refractivity contribution in [1.29, 1.82) is 0 Å². The van der Waals surface area contributed by atoms with Gasteiger partial charge in [-0.25, -0.2) is 4.39 Å². The molecule has 2 atom stereocenters. The van der Waals surface area contributed by atoms with Crippen LogP contribution in [0.15, 0.2) is 18.2 Å². The van der Waals surface area contributed by atoms with Crippen molar-refractivity contribution in [3.63, 3.8) is 0 Å². The Morgan fingerprint density at radius 1 is 1.17 bits per heavy atom. The summed E-state index contributed by atoms with van der Waals surface area (Å²) in [5.41, 5.74) is 7.58. The first-order valence-corrected chi connectivity index (χ1v) is 11.4. The predicted octanol–water partition coefficient (Wildman–Crippen LogP) is 3.50. The summed E-state index contributed by atoms with van der Waals surface area (Å²) in [6, 6.07) is 5.18. The monoisotopic (exact) mass is 415 g/mol. The third-order valence-electron chi connectivity index (χ3n) is 7.32. The number of nitrogens with zero attached hydrogens (tertiary/aromatic N) is 1. The molecule has 6 heteroatoms. The number of nitrogens with one attached hydrogen (secondary N) is 1. The molecule has 30 heavy (non-hydrogen) atoms. The highest BCUT2D eigenvalue weighted by atomic mass is 19.1. The number of rotatable bonds is 7. The molecule has 1 aromatic rings. The molecule has 2 aliphatic carbocycles. The first kappa shape index (κ1) is 21.1. The van der Waals surface area contributed by atoms with Crippen molar-refractivity contribution in [2.45, 2.75) is 70.3 Å². The Bertz CT molecular complexity index is 815. The average Bonchev–Trinajstić information content (AvgIpc) is 3.49. The number of amides is 2. The van der Waals surface area contributed by atoms with E-state index in [1.54, 1.807) is 6.07 Å². The fourth-order valence-corrected chi connectivity index (χ4v) is 5.56. The molecule has 164 valence electrons. The second-order valence-electron chi connectivity index (χ2n) is 10.1. The number of primary amides is 1. The lowest BCUT2D eigenvalue weighted by molar-refractivity contribution is -0.136. The molecule has 3 aliphatic rings. The summed E-state index contributed by atoms with van der Waals surface area (Å²) in [5, 5.41) is 3.07. The molecular weight excluding hydrogens is 381 g/mol. The Morgan fingerprint density at radius 2 is 1.87 bits per heavy atom. The van der Waals surface area contributed by atoms with Gasteiger partial charge in [0, 0.05) is 30.2 Å². The van der Waals surface area contributed by atoms with Gasteiger partial charge < -0.3 is 16.0 Å². The van der Waals surface area contributed by atoms with Crippen molar-refractivity contribution in [2.75, 3.05) is 18.0 Å². The summed E-state index contributed by atoms with van der Waals surface area (Å²) >= 11 is 0. The summed E-state index contributed by atoms with van der Waals surface area (Å²) in [4.78, 5) is 27.4. The van der Waals surface area contributed by atoms with Crippen LogP contribution < -0.4 is 16.0 Å². The third kappa shape index (κ3) is 4.19. The first-order valence-electron chi connectivity index (χ1n) is 11.4. The lowest BCUT2D eigenvalue weighted by Gasteiger charge is -2.33. The molecule has 2 fully saturated rings. The fourth-order valence-electron chi connectivity index (χ4n) is 5.56. The molecule has 1 unspecified atom stereocenters. The molecule has 0 spiro atoms. The molecule has 1 aromatic carbocycles. The van der Waals surface area contributed by atoms with Crippen molar-refractivity contribution >= 4 is 17.5 Å². The summed E-state index contributed by atoms with van der Waals surface area (Å²) in [5.74, 6) is -1.11. The lowest BCUT2D eigenvalue weighted by Crippen LogP contribution is -2.50. The van der Waals surface area contributed by atoms with Crippen LogP contribution in [0.25, 0.3) is 0 Å². The van der Waals surface area contributed by atoms with E-state index in [1.165, 1.54) is 6.07 Å². The second-order valence-corrected chi connectivity index (χ2v) is 10.1. The van der Waals surface area contributed by atoms with Crippen molar-refractivity contribution < 1.29 is 14.0 Å². The van der Waals surface area contributed by atoms with Crippen LogP contribution in [0.1, 0.15) is 64.4 Å². The number of hydrogen-bond donors (Lipinski definition) is 2. The van der Waals surface area contributed by atoms with E-state index < -0.39 is 11.8 Å². The van der Waals surface area contributed by atoms with Crippen LogP contribution in [0.4, 0.5) is 10.1 Å². The maximum atomic E-state index is 13.9. The average molecular weight is 416 g/mol. The molecule has 2 saturated carbocycles. The molecular formula is C24H34FN3O2. The normalized spacial score (nSPS) is 23.0. The fraction of sp³-hybridized carbons (Fsp3) is 0.667. The van der Waals surface area contributed by atoms with Gasteiger partial charge in [-0.1, -0.05) is 33.1 Å². The SMILES string of the molecule is CC1(C)CN([C@@H](CNC(=O)C(C(N)=O)C2CCCCC2)C2CC2)c2ccc(F)cc21. The maximum absolute atomic E-state index is 13.9. The summed E-state index contributed by atoms with van der Waals surface area (Å²) in [6.07, 6.45) is 7.34. The maximum Gasteiger partial charge on any atom is 0.232 e. The standard InChI is InChI=1S/C24H34FN3O2/c1-24(2)14-28(19-11-10-17(25)12-18(19)24)20(15-8-9-15)13-27-23(30)21(22(26)29)16-6-4-3-5-7-16/h10-12,15-16,20-21H,3-9,13-14H2,1-2H3,(H2,26,29)(H,27,30)/t20-,21?/m0/s1. The van der Waals surface area contributed by atoms with Gasteiger partial charge >= 0.3 is 0 Å². The molecule has 1 heterocycles. The Morgan fingerprint density at radius 3 is 2.50 bits per heavy atom. The van der Waals surface area contributed by atoms with E-state index in [-0.39, 0.29) is 29.1 Å². The van der Waals surface area contributed by atoms with Crippen LogP contribution in [0.2, 0.25) is 0 Å². The number of carbonyl (C=O) groups is 2. The molecule has 1 aliphatic heterocycles. The molecule has 4 rings (SSSR count). The number of halogens is 1. The van der Waals surface area contributed by atoms with E-state index in [9.17, 15) is 14.0 Å². The zero-order chi connectivity index (χ0) is 21.5. The van der Waals surface area contributed by atoms with Gasteiger partial charge in [0.2, 0.25) is 11.8 Å². The van der Waals surface area contributed by atoms with Crippen LogP contribution in [0.3, 0.4) is 0 Å². The van der Waals surface area contributed by atoms with Crippen LogP contribution in [-0.2, 0) is 15.0 Å². The largest absolute Gasteiger partial charge is 0.369 e. The van der Waals surface area contributed by atoms with Crippen LogP contribution >= 0.6 is 0 Å². The minimum atomic E-state index is -0.735. The Balaban J connectivity index is 1.49. The highest BCUT2D eigenvalue weighted by Gasteiger charge is 2.44. The van der Waals surface area contributed by atoms with Gasteiger partial charge in [-0.05, 0) is 61.3 Å². The molecule has 0 saturated heterocycles. The first-order chi connectivity index (χ1) is 14.3. The molecule has 5 nitrogen and oxygen atoms in total. The van der Waals surface area contributed by atoms with Crippen molar-refractivity contribution in [2.24, 2.45) is 23.5 Å². The Kier molecular flexibility index (Phi) is 5.78. The van der Waals surface area contributed by atoms with E-state index in [1.807, 2.05) is 6.07 Å². The van der Waals surface area contributed by atoms with E-state index in [4.69, 9.17) is 5.73 Å². The van der Waals surface area contributed by atoms with Gasteiger partial charge in [0.15, 0.2) is 0 Å². The number of benzene rings is 1. The van der Waals surface area contributed by atoms with Gasteiger partial charge in [0.05, 0.1) is 0 Å². The molecule has 0 radical (unpaired) electrons. The number of hydrogen-bond acceptors (Lipinski definition) is 3. The van der Waals surface area contributed by atoms with Gasteiger partial charge in [0.25, 0.3) is 0 Å². The van der Waals surface area contributed by atoms with Gasteiger partial charge in [-0.2, -0.15) is 0 Å². The summed E-state index contributed by atoms with van der Waals surface area (Å²) in [6.45, 7) is 5.57. The van der Waals surface area contributed by atoms with E-state index >= 15 is 0 Å². The van der Waals surface area contributed by atoms with Crippen LogP contribution in [0, 0.1) is 23.6 Å². The van der Waals surface area contributed by atoms with Crippen LogP contribution in [-0.4, -0.2) is 30.9 Å². The Hall–Kier alpha value is -2.11. The molecule has 2 amide bonds. The minimum absolute atomic E-state index is 0.0602.